The van der Waals surface area contributed by atoms with Gasteiger partial charge in [-0.15, -0.1) is 6.58 Å². The van der Waals surface area contributed by atoms with Gasteiger partial charge in [-0.1, -0.05) is 12.1 Å². The van der Waals surface area contributed by atoms with Crippen LogP contribution in [-0.2, 0) is 20.7 Å². The Balaban J connectivity index is 1.51. The standard InChI is InChI=1S/C27H34N2O9/c1-3-13(11-30)15-9-18-22-14(7-8-29(18)10-16(15)26(35)36-2)21-17(28-22)5-4-6-19(21)37-27-25(34)24(33)23(32)20(12-31)38-27/h3-6,10,13,15,18,20,23-25,27-28,30-34H,1,7-9,11-12H2,2H3/t13-,15-,18-,20+,23+,24-,25+,27+/m0/s1. The van der Waals surface area contributed by atoms with Gasteiger partial charge in [0.05, 0.1) is 25.3 Å². The molecule has 5 rings (SSSR count). The van der Waals surface area contributed by atoms with Crippen molar-refractivity contribution >= 4 is 16.9 Å². The molecule has 0 unspecified atom stereocenters. The number of carbonyl (C=O) groups is 1. The van der Waals surface area contributed by atoms with Gasteiger partial charge in [0.1, 0.15) is 30.2 Å². The molecular weight excluding hydrogens is 496 g/mol. The van der Waals surface area contributed by atoms with Crippen LogP contribution in [0, 0.1) is 11.8 Å². The van der Waals surface area contributed by atoms with Gasteiger partial charge in [0.15, 0.2) is 0 Å². The Kier molecular flexibility index (Phi) is 7.49. The Labute approximate surface area is 219 Å². The van der Waals surface area contributed by atoms with Crippen molar-refractivity contribution < 1.29 is 44.5 Å². The summed E-state index contributed by atoms with van der Waals surface area (Å²) in [6.45, 7) is 3.78. The van der Waals surface area contributed by atoms with E-state index in [2.05, 4.69) is 16.5 Å². The third-order valence-corrected chi connectivity index (χ3v) is 8.00. The average molecular weight is 531 g/mol. The summed E-state index contributed by atoms with van der Waals surface area (Å²) >= 11 is 0. The summed E-state index contributed by atoms with van der Waals surface area (Å²) < 4.78 is 16.6. The summed E-state index contributed by atoms with van der Waals surface area (Å²) in [6.07, 6.45) is -2.23. The number of nitrogens with zero attached hydrogens (tertiary/aromatic N) is 1. The number of hydrogen-bond donors (Lipinski definition) is 6. The number of esters is 1. The molecule has 4 heterocycles. The molecular formula is C27H34N2O9. The van der Waals surface area contributed by atoms with Gasteiger partial charge in [0.25, 0.3) is 0 Å². The van der Waals surface area contributed by atoms with E-state index in [0.717, 1.165) is 22.2 Å². The maximum absolute atomic E-state index is 12.6. The molecule has 1 saturated heterocycles. The van der Waals surface area contributed by atoms with Gasteiger partial charge in [-0.05, 0) is 30.5 Å². The summed E-state index contributed by atoms with van der Waals surface area (Å²) in [5.74, 6) is -0.600. The number of rotatable bonds is 7. The van der Waals surface area contributed by atoms with Crippen LogP contribution in [0.1, 0.15) is 23.7 Å². The SMILES string of the molecule is C=C[C@@H](CO)[C@@H]1C[C@H]2c3[nH]c4cccc(O[C@@H]5O[C@H](CO)[C@@H](O)[C@H](O)[C@H]5O)c4c3CCN2C=C1C(=O)OC. The van der Waals surface area contributed by atoms with Crippen molar-refractivity contribution in [2.45, 2.75) is 49.6 Å². The van der Waals surface area contributed by atoms with Crippen molar-refractivity contribution in [1.82, 2.24) is 9.88 Å². The summed E-state index contributed by atoms with van der Waals surface area (Å²) in [5, 5.41) is 51.1. The van der Waals surface area contributed by atoms with Gasteiger partial charge < -0.3 is 49.6 Å². The molecule has 0 amide bonds. The molecule has 0 aliphatic carbocycles. The number of nitrogens with one attached hydrogen (secondary N) is 1. The molecule has 0 bridgehead atoms. The van der Waals surface area contributed by atoms with E-state index in [1.165, 1.54) is 7.11 Å². The van der Waals surface area contributed by atoms with E-state index >= 15 is 0 Å². The molecule has 3 aliphatic heterocycles. The second-order valence-electron chi connectivity index (χ2n) is 10.0. The minimum absolute atomic E-state index is 0.0985. The normalized spacial score (nSPS) is 31.7. The van der Waals surface area contributed by atoms with Gasteiger partial charge >= 0.3 is 5.97 Å². The molecule has 1 aromatic heterocycles. The molecule has 0 radical (unpaired) electrons. The maximum Gasteiger partial charge on any atom is 0.335 e. The highest BCUT2D eigenvalue weighted by molar-refractivity contribution is 5.91. The van der Waals surface area contributed by atoms with Crippen molar-refractivity contribution in [3.63, 3.8) is 0 Å². The van der Waals surface area contributed by atoms with E-state index in [-0.39, 0.29) is 24.5 Å². The lowest BCUT2D eigenvalue weighted by Gasteiger charge is -2.43. The predicted octanol–water partition coefficient (Wildman–Crippen LogP) is 0.117. The number of H-pyrrole nitrogens is 1. The fraction of sp³-hybridized carbons (Fsp3) is 0.519. The van der Waals surface area contributed by atoms with Crippen LogP contribution in [0.5, 0.6) is 5.75 Å². The molecule has 206 valence electrons. The minimum Gasteiger partial charge on any atom is -0.466 e. The van der Waals surface area contributed by atoms with Crippen LogP contribution in [0.3, 0.4) is 0 Å². The quantitative estimate of drug-likeness (QED) is 0.214. The zero-order chi connectivity index (χ0) is 27.1. The number of ether oxygens (including phenoxy) is 3. The van der Waals surface area contributed by atoms with Crippen LogP contribution in [0.25, 0.3) is 10.9 Å². The number of aliphatic hydroxyl groups excluding tert-OH is 5. The topological polar surface area (TPSA) is 165 Å². The van der Waals surface area contributed by atoms with E-state index < -0.39 is 43.3 Å². The average Bonchev–Trinajstić information content (AvgIpc) is 3.33. The van der Waals surface area contributed by atoms with Gasteiger partial charge in [-0.25, -0.2) is 4.79 Å². The molecule has 11 nitrogen and oxygen atoms in total. The van der Waals surface area contributed by atoms with Crippen LogP contribution in [0.2, 0.25) is 0 Å². The first-order chi connectivity index (χ1) is 18.3. The van der Waals surface area contributed by atoms with Gasteiger partial charge in [-0.2, -0.15) is 0 Å². The highest BCUT2D eigenvalue weighted by Gasteiger charge is 2.45. The van der Waals surface area contributed by atoms with Crippen LogP contribution in [0.15, 0.2) is 42.6 Å². The van der Waals surface area contributed by atoms with Crippen molar-refractivity contribution in [2.75, 3.05) is 26.9 Å². The van der Waals surface area contributed by atoms with E-state index in [1.54, 1.807) is 18.2 Å². The summed E-state index contributed by atoms with van der Waals surface area (Å²) in [6, 6.07) is 5.34. The molecule has 0 saturated carbocycles. The Morgan fingerprint density at radius 2 is 2.05 bits per heavy atom. The fourth-order valence-corrected chi connectivity index (χ4v) is 5.94. The lowest BCUT2D eigenvalue weighted by atomic mass is 9.77. The molecule has 8 atom stereocenters. The number of methoxy groups -OCH3 is 1. The number of benzene rings is 1. The first-order valence-corrected chi connectivity index (χ1v) is 12.7. The zero-order valence-electron chi connectivity index (χ0n) is 21.1. The Morgan fingerprint density at radius 3 is 2.74 bits per heavy atom. The third kappa shape index (κ3) is 4.39. The van der Waals surface area contributed by atoms with Crippen molar-refractivity contribution in [3.8, 4) is 5.75 Å². The van der Waals surface area contributed by atoms with E-state index in [9.17, 15) is 30.3 Å². The highest BCUT2D eigenvalue weighted by Crippen LogP contribution is 2.46. The molecule has 3 aliphatic rings. The Morgan fingerprint density at radius 1 is 1.26 bits per heavy atom. The number of aromatic nitrogens is 1. The van der Waals surface area contributed by atoms with Gasteiger partial charge in [0, 0.05) is 47.8 Å². The molecule has 38 heavy (non-hydrogen) atoms. The first-order valence-electron chi connectivity index (χ1n) is 12.7. The van der Waals surface area contributed by atoms with Crippen LogP contribution in [-0.4, -0.2) is 99.0 Å². The zero-order valence-corrected chi connectivity index (χ0v) is 21.1. The fourth-order valence-electron chi connectivity index (χ4n) is 5.94. The monoisotopic (exact) mass is 530 g/mol. The Bertz CT molecular complexity index is 1220. The summed E-state index contributed by atoms with van der Waals surface area (Å²) in [5.41, 5.74) is 3.30. The largest absolute Gasteiger partial charge is 0.466 e. The first kappa shape index (κ1) is 26.7. The number of hydrogen-bond acceptors (Lipinski definition) is 10. The van der Waals surface area contributed by atoms with Crippen molar-refractivity contribution in [3.05, 3.63) is 53.9 Å². The lowest BCUT2D eigenvalue weighted by molar-refractivity contribution is -0.277. The predicted molar refractivity (Wildman–Crippen MR) is 135 cm³/mol. The van der Waals surface area contributed by atoms with E-state index in [4.69, 9.17) is 14.2 Å². The maximum atomic E-state index is 12.6. The van der Waals surface area contributed by atoms with Crippen molar-refractivity contribution in [2.24, 2.45) is 11.8 Å². The molecule has 1 fully saturated rings. The van der Waals surface area contributed by atoms with Gasteiger partial charge in [-0.3, -0.25) is 0 Å². The summed E-state index contributed by atoms with van der Waals surface area (Å²) in [7, 11) is 1.34. The van der Waals surface area contributed by atoms with E-state index in [1.807, 2.05) is 12.3 Å². The lowest BCUT2D eigenvalue weighted by Crippen LogP contribution is -2.60. The van der Waals surface area contributed by atoms with Crippen LogP contribution < -0.4 is 4.74 Å². The van der Waals surface area contributed by atoms with Crippen LogP contribution >= 0.6 is 0 Å². The molecule has 1 aromatic carbocycles. The molecule has 0 spiro atoms. The second-order valence-corrected chi connectivity index (χ2v) is 10.0. The second kappa shape index (κ2) is 10.7. The van der Waals surface area contributed by atoms with Crippen molar-refractivity contribution in [1.29, 1.82) is 0 Å². The molecule has 6 N–H and O–H groups in total. The Hall–Kier alpha value is -2.93. The van der Waals surface area contributed by atoms with Gasteiger partial charge in [0.2, 0.25) is 6.29 Å². The van der Waals surface area contributed by atoms with Crippen LogP contribution in [0.4, 0.5) is 0 Å². The number of fused-ring (bicyclic) bond motifs is 5. The highest BCUT2D eigenvalue weighted by atomic mass is 16.7. The minimum atomic E-state index is -1.54. The smallest absolute Gasteiger partial charge is 0.335 e. The van der Waals surface area contributed by atoms with E-state index in [0.29, 0.717) is 30.7 Å². The third-order valence-electron chi connectivity index (χ3n) is 8.00. The number of carbonyl (C=O) groups excluding carboxylic acids is 1. The molecule has 11 heteroatoms. The summed E-state index contributed by atoms with van der Waals surface area (Å²) in [4.78, 5) is 18.2. The number of aromatic amines is 1. The number of aliphatic hydroxyl groups is 5. The molecule has 2 aromatic rings.